The van der Waals surface area contributed by atoms with Gasteiger partial charge in [0.1, 0.15) is 0 Å². The van der Waals surface area contributed by atoms with Gasteiger partial charge in [-0.15, -0.1) is 10.2 Å². The fraction of sp³-hybridized carbons (Fsp3) is 0.400. The largest absolute Gasteiger partial charge is 0.306 e. The maximum absolute atomic E-state index is 12.5. The Morgan fingerprint density at radius 2 is 1.96 bits per heavy atom. The minimum atomic E-state index is -3.77. The van der Waals surface area contributed by atoms with Crippen molar-refractivity contribution in [2.45, 2.75) is 23.2 Å². The number of hydrogen-bond acceptors (Lipinski definition) is 7. The second kappa shape index (κ2) is 7.97. The third kappa shape index (κ3) is 4.57. The highest BCUT2D eigenvalue weighted by Crippen LogP contribution is 2.23. The number of rotatable bonds is 5. The van der Waals surface area contributed by atoms with E-state index in [1.54, 1.807) is 24.3 Å². The summed E-state index contributed by atoms with van der Waals surface area (Å²) in [5.74, 6) is -0.473. The van der Waals surface area contributed by atoms with E-state index in [2.05, 4.69) is 25.1 Å². The Balaban J connectivity index is 1.67. The quantitative estimate of drug-likeness (QED) is 0.722. The summed E-state index contributed by atoms with van der Waals surface area (Å²) in [5, 5.41) is 10.4. The van der Waals surface area contributed by atoms with E-state index >= 15 is 0 Å². The van der Waals surface area contributed by atoms with Crippen molar-refractivity contribution in [1.29, 1.82) is 0 Å². The molecule has 1 fully saturated rings. The predicted octanol–water partition coefficient (Wildman–Crippen LogP) is 1.82. The van der Waals surface area contributed by atoms with Gasteiger partial charge in [-0.2, -0.15) is 0 Å². The van der Waals surface area contributed by atoms with Gasteiger partial charge in [0.15, 0.2) is 0 Å². The molecule has 1 amide bonds. The Kier molecular flexibility index (Phi) is 5.88. The molecule has 1 saturated heterocycles. The zero-order chi connectivity index (χ0) is 18.7. The minimum absolute atomic E-state index is 0.0960. The van der Waals surface area contributed by atoms with Crippen LogP contribution in [0.1, 0.15) is 23.2 Å². The molecule has 1 aliphatic rings. The standard InChI is InChI=1S/C15H18ClN5O3S2/c1-21-8-6-10(7-9-21)20-26(23,24)15-19-18-14(25-15)17-13(22)11-4-2-3-5-12(11)16/h2-5,10,20H,6-9H2,1H3,(H,17,18,22). The van der Waals surface area contributed by atoms with Crippen molar-refractivity contribution >= 4 is 44.0 Å². The normalized spacial score (nSPS) is 16.5. The van der Waals surface area contributed by atoms with Crippen LogP contribution in [0.15, 0.2) is 28.6 Å². The molecule has 140 valence electrons. The molecule has 0 unspecified atom stereocenters. The zero-order valence-electron chi connectivity index (χ0n) is 14.0. The van der Waals surface area contributed by atoms with Crippen LogP contribution in [0.3, 0.4) is 0 Å². The zero-order valence-corrected chi connectivity index (χ0v) is 16.4. The lowest BCUT2D eigenvalue weighted by molar-refractivity contribution is 0.102. The molecule has 26 heavy (non-hydrogen) atoms. The van der Waals surface area contributed by atoms with E-state index in [0.717, 1.165) is 37.3 Å². The number of nitrogens with zero attached hydrogens (tertiary/aromatic N) is 3. The number of nitrogens with one attached hydrogen (secondary N) is 2. The van der Waals surface area contributed by atoms with Crippen LogP contribution in [-0.2, 0) is 10.0 Å². The molecule has 3 rings (SSSR count). The molecule has 2 heterocycles. The third-order valence-electron chi connectivity index (χ3n) is 4.02. The van der Waals surface area contributed by atoms with Crippen molar-refractivity contribution in [2.24, 2.45) is 0 Å². The fourth-order valence-electron chi connectivity index (χ4n) is 2.57. The number of hydrogen-bond donors (Lipinski definition) is 2. The van der Waals surface area contributed by atoms with Crippen LogP contribution in [0, 0.1) is 0 Å². The predicted molar refractivity (Wildman–Crippen MR) is 100 cm³/mol. The van der Waals surface area contributed by atoms with Crippen molar-refractivity contribution in [3.8, 4) is 0 Å². The molecule has 1 aromatic carbocycles. The van der Waals surface area contributed by atoms with Gasteiger partial charge < -0.3 is 4.90 Å². The van der Waals surface area contributed by atoms with Gasteiger partial charge in [0, 0.05) is 6.04 Å². The lowest BCUT2D eigenvalue weighted by atomic mass is 10.1. The second-order valence-electron chi connectivity index (χ2n) is 6.01. The van der Waals surface area contributed by atoms with Gasteiger partial charge in [-0.25, -0.2) is 13.1 Å². The van der Waals surface area contributed by atoms with E-state index in [-0.39, 0.29) is 21.1 Å². The average molecular weight is 416 g/mol. The van der Waals surface area contributed by atoms with Gasteiger partial charge in [0.2, 0.25) is 9.47 Å². The first-order valence-corrected chi connectivity index (χ1v) is 10.6. The minimum Gasteiger partial charge on any atom is -0.306 e. The summed E-state index contributed by atoms with van der Waals surface area (Å²) < 4.78 is 27.4. The number of anilines is 1. The van der Waals surface area contributed by atoms with Crippen LogP contribution >= 0.6 is 22.9 Å². The Bertz CT molecular complexity index is 894. The number of likely N-dealkylation sites (tertiary alicyclic amines) is 1. The smallest absolute Gasteiger partial charge is 0.270 e. The van der Waals surface area contributed by atoms with E-state index in [1.807, 2.05) is 7.05 Å². The van der Waals surface area contributed by atoms with E-state index in [4.69, 9.17) is 11.6 Å². The lowest BCUT2D eigenvalue weighted by Gasteiger charge is -2.28. The molecule has 0 bridgehead atoms. The molecule has 2 aromatic rings. The number of carbonyl (C=O) groups excluding carboxylic acids is 1. The molecule has 0 radical (unpaired) electrons. The summed E-state index contributed by atoms with van der Waals surface area (Å²) in [7, 11) is -1.76. The molecule has 11 heteroatoms. The molecular formula is C15H18ClN5O3S2. The van der Waals surface area contributed by atoms with Crippen molar-refractivity contribution in [3.05, 3.63) is 34.9 Å². The molecule has 8 nitrogen and oxygen atoms in total. The molecule has 1 aliphatic heterocycles. The second-order valence-corrected chi connectivity index (χ2v) is 9.28. The molecule has 2 N–H and O–H groups in total. The summed E-state index contributed by atoms with van der Waals surface area (Å²) in [6, 6.07) is 6.43. The monoisotopic (exact) mass is 415 g/mol. The summed E-state index contributed by atoms with van der Waals surface area (Å²) in [6.45, 7) is 1.67. The summed E-state index contributed by atoms with van der Waals surface area (Å²) >= 11 is 6.78. The van der Waals surface area contributed by atoms with Crippen LogP contribution < -0.4 is 10.0 Å². The lowest BCUT2D eigenvalue weighted by Crippen LogP contribution is -2.43. The Morgan fingerprint density at radius 3 is 2.65 bits per heavy atom. The topological polar surface area (TPSA) is 104 Å². The summed E-state index contributed by atoms with van der Waals surface area (Å²) in [6.07, 6.45) is 1.48. The number of piperidine rings is 1. The molecular weight excluding hydrogens is 398 g/mol. The van der Waals surface area contributed by atoms with Crippen LogP contribution in [0.2, 0.25) is 5.02 Å². The SMILES string of the molecule is CN1CCC(NS(=O)(=O)c2nnc(NC(=O)c3ccccc3Cl)s2)CC1. The third-order valence-corrected chi connectivity index (χ3v) is 7.07. The van der Waals surface area contributed by atoms with Crippen LogP contribution in [0.4, 0.5) is 5.13 Å². The first-order chi connectivity index (χ1) is 12.3. The number of sulfonamides is 1. The number of halogens is 1. The van der Waals surface area contributed by atoms with Crippen LogP contribution in [0.5, 0.6) is 0 Å². The highest BCUT2D eigenvalue weighted by atomic mass is 35.5. The van der Waals surface area contributed by atoms with Gasteiger partial charge in [-0.1, -0.05) is 35.1 Å². The Morgan fingerprint density at radius 1 is 1.27 bits per heavy atom. The number of benzene rings is 1. The highest BCUT2D eigenvalue weighted by Gasteiger charge is 2.26. The summed E-state index contributed by atoms with van der Waals surface area (Å²) in [4.78, 5) is 14.4. The van der Waals surface area contributed by atoms with Gasteiger partial charge in [-0.05, 0) is 45.1 Å². The molecule has 0 spiro atoms. The number of carbonyl (C=O) groups is 1. The van der Waals surface area contributed by atoms with Gasteiger partial charge in [0.05, 0.1) is 10.6 Å². The van der Waals surface area contributed by atoms with E-state index < -0.39 is 15.9 Å². The Hall–Kier alpha value is -1.59. The maximum Gasteiger partial charge on any atom is 0.270 e. The number of amides is 1. The van der Waals surface area contributed by atoms with Crippen molar-refractivity contribution in [2.75, 3.05) is 25.5 Å². The highest BCUT2D eigenvalue weighted by molar-refractivity contribution is 7.91. The molecule has 1 aromatic heterocycles. The van der Waals surface area contributed by atoms with Gasteiger partial charge >= 0.3 is 0 Å². The van der Waals surface area contributed by atoms with E-state index in [9.17, 15) is 13.2 Å². The van der Waals surface area contributed by atoms with Crippen molar-refractivity contribution in [1.82, 2.24) is 19.8 Å². The molecule has 0 saturated carbocycles. The van der Waals surface area contributed by atoms with E-state index in [1.165, 1.54) is 0 Å². The van der Waals surface area contributed by atoms with Crippen LogP contribution in [-0.4, -0.2) is 55.6 Å². The number of aromatic nitrogens is 2. The van der Waals surface area contributed by atoms with Crippen molar-refractivity contribution in [3.63, 3.8) is 0 Å². The molecule has 0 atom stereocenters. The first-order valence-electron chi connectivity index (χ1n) is 7.95. The fourth-order valence-corrected chi connectivity index (χ4v) is 5.01. The Labute approximate surface area is 160 Å². The van der Waals surface area contributed by atoms with Gasteiger partial charge in [-0.3, -0.25) is 10.1 Å². The molecule has 0 aliphatic carbocycles. The summed E-state index contributed by atoms with van der Waals surface area (Å²) in [5.41, 5.74) is 0.276. The average Bonchev–Trinajstić information content (AvgIpc) is 3.06. The first kappa shape index (κ1) is 19.2. The van der Waals surface area contributed by atoms with Crippen LogP contribution in [0.25, 0.3) is 0 Å². The maximum atomic E-state index is 12.5. The van der Waals surface area contributed by atoms with Crippen molar-refractivity contribution < 1.29 is 13.2 Å². The van der Waals surface area contributed by atoms with E-state index in [0.29, 0.717) is 5.02 Å². The van der Waals surface area contributed by atoms with Gasteiger partial charge in [0.25, 0.3) is 15.9 Å².